The van der Waals surface area contributed by atoms with Crippen LogP contribution < -0.4 is 11.1 Å². The minimum absolute atomic E-state index is 0.268. The van der Waals surface area contributed by atoms with Gasteiger partial charge in [-0.1, -0.05) is 0 Å². The summed E-state index contributed by atoms with van der Waals surface area (Å²) in [7, 11) is 1.53. The molecule has 0 saturated carbocycles. The Bertz CT molecular complexity index is 606. The fourth-order valence-electron chi connectivity index (χ4n) is 1.59. The van der Waals surface area contributed by atoms with Gasteiger partial charge < -0.3 is 11.1 Å². The lowest BCUT2D eigenvalue weighted by Crippen LogP contribution is -2.18. The number of hydrogen-bond acceptors (Lipinski definition) is 3. The lowest BCUT2D eigenvalue weighted by atomic mass is 10.2. The molecular weight excluding hydrogens is 235 g/mol. The maximum Gasteiger partial charge on any atom is 0.271 e. The number of aromatic nitrogens is 2. The quantitative estimate of drug-likeness (QED) is 0.786. The summed E-state index contributed by atoms with van der Waals surface area (Å²) >= 11 is 0. The third-order valence-electron chi connectivity index (χ3n) is 2.60. The van der Waals surface area contributed by atoms with Gasteiger partial charge in [0.1, 0.15) is 5.82 Å². The van der Waals surface area contributed by atoms with Crippen LogP contribution in [0.3, 0.4) is 0 Å². The Labute approximate surface area is 103 Å². The van der Waals surface area contributed by atoms with E-state index in [4.69, 9.17) is 5.73 Å². The van der Waals surface area contributed by atoms with Gasteiger partial charge in [0.25, 0.3) is 5.91 Å². The topological polar surface area (TPSA) is 72.9 Å². The highest BCUT2D eigenvalue weighted by molar-refractivity contribution is 5.91. The summed E-state index contributed by atoms with van der Waals surface area (Å²) in [6.45, 7) is 1.64. The second-order valence-corrected chi connectivity index (χ2v) is 3.88. The van der Waals surface area contributed by atoms with Gasteiger partial charge >= 0.3 is 0 Å². The molecule has 2 aromatic rings. The molecule has 1 amide bonds. The fourth-order valence-corrected chi connectivity index (χ4v) is 1.59. The molecule has 0 bridgehead atoms. The second kappa shape index (κ2) is 4.48. The number of nitrogens with two attached hydrogens (primary N) is 1. The van der Waals surface area contributed by atoms with Crippen molar-refractivity contribution in [1.82, 2.24) is 15.1 Å². The zero-order valence-electron chi connectivity index (χ0n) is 10.1. The molecule has 1 aromatic heterocycles. The summed E-state index contributed by atoms with van der Waals surface area (Å²) in [6, 6.07) is 4.40. The summed E-state index contributed by atoms with van der Waals surface area (Å²) < 4.78 is 14.7. The van der Waals surface area contributed by atoms with Crippen molar-refractivity contribution in [3.8, 4) is 5.69 Å². The van der Waals surface area contributed by atoms with Gasteiger partial charge in [0.05, 0.1) is 11.4 Å². The van der Waals surface area contributed by atoms with Crippen LogP contribution in [-0.4, -0.2) is 22.7 Å². The van der Waals surface area contributed by atoms with Gasteiger partial charge in [0.2, 0.25) is 0 Å². The van der Waals surface area contributed by atoms with Crippen molar-refractivity contribution in [2.75, 3.05) is 12.8 Å². The molecule has 1 aromatic carbocycles. The number of anilines is 1. The van der Waals surface area contributed by atoms with Crippen molar-refractivity contribution in [2.45, 2.75) is 6.92 Å². The maximum atomic E-state index is 13.3. The van der Waals surface area contributed by atoms with Gasteiger partial charge in [-0.15, -0.1) is 0 Å². The van der Waals surface area contributed by atoms with Crippen LogP contribution in [0.1, 0.15) is 16.1 Å². The van der Waals surface area contributed by atoms with Gasteiger partial charge in [0.15, 0.2) is 5.69 Å². The number of nitrogen functional groups attached to an aromatic ring is 1. The predicted molar refractivity (Wildman–Crippen MR) is 66.1 cm³/mol. The number of aryl methyl sites for hydroxylation is 1. The van der Waals surface area contributed by atoms with E-state index in [1.165, 1.54) is 17.8 Å². The number of halogens is 1. The molecule has 94 valence electrons. The van der Waals surface area contributed by atoms with Crippen molar-refractivity contribution in [3.63, 3.8) is 0 Å². The van der Waals surface area contributed by atoms with Crippen LogP contribution in [0.15, 0.2) is 24.4 Å². The molecule has 0 spiro atoms. The molecular formula is C12H13FN4O. The maximum absolute atomic E-state index is 13.3. The number of rotatable bonds is 2. The molecule has 5 nitrogen and oxygen atoms in total. The van der Waals surface area contributed by atoms with E-state index < -0.39 is 0 Å². The standard InChI is InChI=1S/C12H13FN4O/c1-7-5-11(9(14)6-8(7)13)17-4-3-10(16-17)12(18)15-2/h3-6H,14H2,1-2H3,(H,15,18). The van der Waals surface area contributed by atoms with Crippen molar-refractivity contribution in [2.24, 2.45) is 0 Å². The first-order valence-electron chi connectivity index (χ1n) is 5.36. The van der Waals surface area contributed by atoms with Crippen LogP contribution in [0.4, 0.5) is 10.1 Å². The molecule has 0 aliphatic rings. The molecule has 18 heavy (non-hydrogen) atoms. The van der Waals surface area contributed by atoms with Crippen LogP contribution >= 0.6 is 0 Å². The highest BCUT2D eigenvalue weighted by atomic mass is 19.1. The zero-order chi connectivity index (χ0) is 13.3. The highest BCUT2D eigenvalue weighted by Gasteiger charge is 2.11. The van der Waals surface area contributed by atoms with Gasteiger partial charge in [-0.05, 0) is 30.7 Å². The average molecular weight is 248 g/mol. The van der Waals surface area contributed by atoms with Crippen LogP contribution in [-0.2, 0) is 0 Å². The number of carbonyl (C=O) groups excluding carboxylic acids is 1. The molecule has 0 saturated heterocycles. The number of amides is 1. The van der Waals surface area contributed by atoms with E-state index >= 15 is 0 Å². The van der Waals surface area contributed by atoms with Crippen LogP contribution in [0.5, 0.6) is 0 Å². The van der Waals surface area contributed by atoms with E-state index in [9.17, 15) is 9.18 Å². The fraction of sp³-hybridized carbons (Fsp3) is 0.167. The van der Waals surface area contributed by atoms with Crippen molar-refractivity contribution >= 4 is 11.6 Å². The van der Waals surface area contributed by atoms with Crippen molar-refractivity contribution in [1.29, 1.82) is 0 Å². The Balaban J connectivity index is 2.46. The second-order valence-electron chi connectivity index (χ2n) is 3.88. The Morgan fingerprint density at radius 3 is 2.89 bits per heavy atom. The molecule has 0 aliphatic carbocycles. The first-order valence-corrected chi connectivity index (χ1v) is 5.36. The van der Waals surface area contributed by atoms with Crippen molar-refractivity contribution < 1.29 is 9.18 Å². The molecule has 0 unspecified atom stereocenters. The van der Waals surface area contributed by atoms with E-state index in [-0.39, 0.29) is 23.1 Å². The number of carbonyl (C=O) groups is 1. The Morgan fingerprint density at radius 2 is 2.22 bits per heavy atom. The molecule has 6 heteroatoms. The van der Waals surface area contributed by atoms with E-state index in [1.54, 1.807) is 25.3 Å². The van der Waals surface area contributed by atoms with Gasteiger partial charge in [-0.25, -0.2) is 9.07 Å². The first-order chi connectivity index (χ1) is 8.52. The number of nitrogens with zero attached hydrogens (tertiary/aromatic N) is 2. The molecule has 1 heterocycles. The molecule has 2 rings (SSSR count). The highest BCUT2D eigenvalue weighted by Crippen LogP contribution is 2.21. The SMILES string of the molecule is CNC(=O)c1ccn(-c2cc(C)c(F)cc2N)n1. The van der Waals surface area contributed by atoms with E-state index in [2.05, 4.69) is 10.4 Å². The van der Waals surface area contributed by atoms with E-state index in [0.717, 1.165) is 0 Å². The largest absolute Gasteiger partial charge is 0.397 e. The monoisotopic (exact) mass is 248 g/mol. The van der Waals surface area contributed by atoms with E-state index in [1.807, 2.05) is 0 Å². The van der Waals surface area contributed by atoms with E-state index in [0.29, 0.717) is 11.3 Å². The number of nitrogens with one attached hydrogen (secondary N) is 1. The lowest BCUT2D eigenvalue weighted by molar-refractivity contribution is 0.0957. The van der Waals surface area contributed by atoms with Crippen molar-refractivity contribution in [3.05, 3.63) is 41.5 Å². The smallest absolute Gasteiger partial charge is 0.271 e. The first kappa shape index (κ1) is 12.1. The summed E-state index contributed by atoms with van der Waals surface area (Å²) in [5.41, 5.74) is 7.30. The van der Waals surface area contributed by atoms with Gasteiger partial charge in [-0.3, -0.25) is 4.79 Å². The summed E-state index contributed by atoms with van der Waals surface area (Å²) in [5, 5.41) is 6.56. The van der Waals surface area contributed by atoms with Gasteiger partial charge in [0, 0.05) is 13.2 Å². The number of benzene rings is 1. The number of hydrogen-bond donors (Lipinski definition) is 2. The summed E-state index contributed by atoms with van der Waals surface area (Å²) in [5.74, 6) is -0.652. The van der Waals surface area contributed by atoms with Crippen LogP contribution in [0.2, 0.25) is 0 Å². The molecule has 0 fully saturated rings. The normalized spacial score (nSPS) is 10.4. The van der Waals surface area contributed by atoms with Gasteiger partial charge in [-0.2, -0.15) is 5.10 Å². The van der Waals surface area contributed by atoms with Crippen LogP contribution in [0, 0.1) is 12.7 Å². The average Bonchev–Trinajstić information content (AvgIpc) is 2.82. The lowest BCUT2D eigenvalue weighted by Gasteiger charge is -2.07. The summed E-state index contributed by atoms with van der Waals surface area (Å²) in [6.07, 6.45) is 1.60. The Kier molecular flexibility index (Phi) is 3.01. The molecule has 0 radical (unpaired) electrons. The molecule has 0 atom stereocenters. The minimum atomic E-state index is -0.366. The zero-order valence-corrected chi connectivity index (χ0v) is 10.1. The summed E-state index contributed by atoms with van der Waals surface area (Å²) in [4.78, 5) is 11.4. The van der Waals surface area contributed by atoms with Crippen LogP contribution in [0.25, 0.3) is 5.69 Å². The Hall–Kier alpha value is -2.37. The molecule has 3 N–H and O–H groups in total. The third kappa shape index (κ3) is 2.04. The minimum Gasteiger partial charge on any atom is -0.397 e. The predicted octanol–water partition coefficient (Wildman–Crippen LogP) is 1.26. The Morgan fingerprint density at radius 1 is 1.50 bits per heavy atom. The molecule has 0 aliphatic heterocycles. The third-order valence-corrected chi connectivity index (χ3v) is 2.60.